The van der Waals surface area contributed by atoms with Gasteiger partial charge in [0.2, 0.25) is 0 Å². The number of alkyl halides is 3. The van der Waals surface area contributed by atoms with Crippen molar-refractivity contribution in [1.82, 2.24) is 15.3 Å². The number of carbonyl (C=O) groups is 2. The van der Waals surface area contributed by atoms with Crippen LogP contribution in [0.15, 0.2) is 103 Å². The van der Waals surface area contributed by atoms with Crippen LogP contribution in [0.5, 0.6) is 0 Å². The molecule has 5 rings (SSSR count). The molecule has 230 valence electrons. The van der Waals surface area contributed by atoms with E-state index in [4.69, 9.17) is 4.74 Å². The highest BCUT2D eigenvalue weighted by Crippen LogP contribution is 2.32. The Morgan fingerprint density at radius 2 is 1.67 bits per heavy atom. The zero-order valence-electron chi connectivity index (χ0n) is 24.5. The number of pyridine rings is 2. The molecule has 0 aliphatic heterocycles. The van der Waals surface area contributed by atoms with E-state index >= 15 is 0 Å². The Hall–Kier alpha value is -5.09. The lowest BCUT2D eigenvalue weighted by molar-refractivity contribution is -0.137. The molecule has 0 aliphatic rings. The van der Waals surface area contributed by atoms with Gasteiger partial charge < -0.3 is 15.4 Å². The highest BCUT2D eigenvalue weighted by Gasteiger charge is 2.30. The molecule has 1 atom stereocenters. The summed E-state index contributed by atoms with van der Waals surface area (Å²) < 4.78 is 44.9. The fourth-order valence-corrected chi connectivity index (χ4v) is 4.76. The second kappa shape index (κ2) is 14.1. The van der Waals surface area contributed by atoms with Gasteiger partial charge in [0, 0.05) is 29.3 Å². The molecule has 2 amide bonds. The van der Waals surface area contributed by atoms with Gasteiger partial charge in [-0.3, -0.25) is 14.6 Å². The minimum atomic E-state index is -4.45. The topological polar surface area (TPSA) is 93.2 Å². The number of rotatable bonds is 11. The summed E-state index contributed by atoms with van der Waals surface area (Å²) in [6.07, 6.45) is -0.847. The normalized spacial score (nSPS) is 12.1. The highest BCUT2D eigenvalue weighted by atomic mass is 19.4. The summed E-state index contributed by atoms with van der Waals surface area (Å²) in [7, 11) is 0. The van der Waals surface area contributed by atoms with Gasteiger partial charge in [0.15, 0.2) is 0 Å². The van der Waals surface area contributed by atoms with Crippen molar-refractivity contribution in [2.75, 3.05) is 18.5 Å². The fraction of sp³-hybridized carbons (Fsp3) is 0.200. The average Bonchev–Trinajstić information content (AvgIpc) is 3.06. The molecular formula is C35H31F3N4O3. The molecule has 0 saturated heterocycles. The van der Waals surface area contributed by atoms with Gasteiger partial charge in [0.05, 0.1) is 29.4 Å². The third-order valence-electron chi connectivity index (χ3n) is 7.16. The standard InChI is InChI=1S/C35H31F3N4O3/c1-2-3-20-45-22-31(30-10-6-7-19-39-30)41-33(43)25-13-17-29-24(21-25)14-18-32(40-29)42-34(44)28-9-5-4-8-27(28)23-11-15-26(16-12-23)35(36,37)38/h4-19,21,31H,2-3,20,22H2,1H3,(H,41,43)(H,40,42,44)/t31-/m1/s1. The molecule has 0 unspecified atom stereocenters. The Bertz CT molecular complexity index is 1780. The van der Waals surface area contributed by atoms with Crippen molar-refractivity contribution < 1.29 is 27.5 Å². The molecule has 0 fully saturated rings. The SMILES string of the molecule is CCCCOC[C@@H](NC(=O)c1ccc2nc(NC(=O)c3ccccc3-c3ccc(C(F)(F)F)cc3)ccc2c1)c1ccccn1. The Kier molecular flexibility index (Phi) is 9.84. The molecule has 0 saturated carbocycles. The highest BCUT2D eigenvalue weighted by molar-refractivity contribution is 6.08. The maximum atomic E-state index is 13.2. The molecule has 45 heavy (non-hydrogen) atoms. The predicted octanol–water partition coefficient (Wildman–Crippen LogP) is 7.86. The summed E-state index contributed by atoms with van der Waals surface area (Å²) in [4.78, 5) is 35.4. The number of hydrogen-bond acceptors (Lipinski definition) is 5. The molecule has 7 nitrogen and oxygen atoms in total. The van der Waals surface area contributed by atoms with E-state index in [1.807, 2.05) is 18.2 Å². The number of halogens is 3. The number of ether oxygens (including phenoxy) is 1. The van der Waals surface area contributed by atoms with Crippen molar-refractivity contribution in [2.24, 2.45) is 0 Å². The molecule has 3 aromatic carbocycles. The van der Waals surface area contributed by atoms with Crippen LogP contribution in [-0.2, 0) is 10.9 Å². The third-order valence-corrected chi connectivity index (χ3v) is 7.16. The molecule has 2 aromatic heterocycles. The van der Waals surface area contributed by atoms with Gasteiger partial charge in [-0.15, -0.1) is 0 Å². The molecule has 2 heterocycles. The number of amides is 2. The third kappa shape index (κ3) is 7.90. The van der Waals surface area contributed by atoms with E-state index in [-0.39, 0.29) is 17.3 Å². The molecule has 0 spiro atoms. The van der Waals surface area contributed by atoms with Crippen LogP contribution >= 0.6 is 0 Å². The Morgan fingerprint density at radius 1 is 0.889 bits per heavy atom. The first-order valence-electron chi connectivity index (χ1n) is 14.5. The van der Waals surface area contributed by atoms with Crippen molar-refractivity contribution in [1.29, 1.82) is 0 Å². The number of benzene rings is 3. The number of carbonyl (C=O) groups excluding carboxylic acids is 2. The summed E-state index contributed by atoms with van der Waals surface area (Å²) >= 11 is 0. The van der Waals surface area contributed by atoms with Crippen LogP contribution in [0.2, 0.25) is 0 Å². The zero-order valence-corrected chi connectivity index (χ0v) is 24.5. The quantitative estimate of drug-likeness (QED) is 0.148. The molecule has 10 heteroatoms. The first kappa shape index (κ1) is 31.3. The molecule has 2 N–H and O–H groups in total. The smallest absolute Gasteiger partial charge is 0.379 e. The van der Waals surface area contributed by atoms with E-state index < -0.39 is 23.7 Å². The Morgan fingerprint density at radius 3 is 2.40 bits per heavy atom. The lowest BCUT2D eigenvalue weighted by Crippen LogP contribution is -2.32. The number of anilines is 1. The number of nitrogens with one attached hydrogen (secondary N) is 2. The Balaban J connectivity index is 1.30. The van der Waals surface area contributed by atoms with Crippen LogP contribution in [-0.4, -0.2) is 35.0 Å². The number of nitrogens with zero attached hydrogens (tertiary/aromatic N) is 2. The van der Waals surface area contributed by atoms with Crippen molar-refractivity contribution in [2.45, 2.75) is 32.0 Å². The molecule has 5 aromatic rings. The monoisotopic (exact) mass is 612 g/mol. The lowest BCUT2D eigenvalue weighted by atomic mass is 9.98. The van der Waals surface area contributed by atoms with Crippen molar-refractivity contribution >= 4 is 28.5 Å². The van der Waals surface area contributed by atoms with E-state index in [2.05, 4.69) is 27.5 Å². The Labute approximate surface area is 258 Å². The van der Waals surface area contributed by atoms with Gasteiger partial charge in [-0.1, -0.05) is 49.7 Å². The molecular weight excluding hydrogens is 581 g/mol. The molecule has 0 aliphatic carbocycles. The van der Waals surface area contributed by atoms with Gasteiger partial charge in [-0.05, 0) is 78.2 Å². The number of aromatic nitrogens is 2. The van der Waals surface area contributed by atoms with E-state index in [9.17, 15) is 22.8 Å². The number of unbranched alkanes of at least 4 members (excludes halogenated alkanes) is 1. The lowest BCUT2D eigenvalue weighted by Gasteiger charge is -2.19. The molecule has 0 radical (unpaired) electrons. The largest absolute Gasteiger partial charge is 0.416 e. The van der Waals surface area contributed by atoms with Crippen molar-refractivity contribution in [3.05, 3.63) is 126 Å². The van der Waals surface area contributed by atoms with Gasteiger partial charge in [-0.2, -0.15) is 13.2 Å². The van der Waals surface area contributed by atoms with Gasteiger partial charge >= 0.3 is 6.18 Å². The maximum Gasteiger partial charge on any atom is 0.416 e. The van der Waals surface area contributed by atoms with Crippen LogP contribution in [0.1, 0.15) is 57.8 Å². The summed E-state index contributed by atoms with van der Waals surface area (Å²) in [5.74, 6) is -0.467. The molecule has 0 bridgehead atoms. The second-order valence-corrected chi connectivity index (χ2v) is 10.4. The fourth-order valence-electron chi connectivity index (χ4n) is 4.76. The minimum Gasteiger partial charge on any atom is -0.379 e. The first-order valence-corrected chi connectivity index (χ1v) is 14.5. The van der Waals surface area contributed by atoms with Crippen LogP contribution in [0.3, 0.4) is 0 Å². The van der Waals surface area contributed by atoms with Gasteiger partial charge in [-0.25, -0.2) is 4.98 Å². The summed E-state index contributed by atoms with van der Waals surface area (Å²) in [6, 6.07) is 24.9. The van der Waals surface area contributed by atoms with Crippen LogP contribution in [0.4, 0.5) is 19.0 Å². The summed E-state index contributed by atoms with van der Waals surface area (Å²) in [6.45, 7) is 2.97. The maximum absolute atomic E-state index is 13.2. The number of fused-ring (bicyclic) bond motifs is 1. The van der Waals surface area contributed by atoms with E-state index in [1.165, 1.54) is 12.1 Å². The minimum absolute atomic E-state index is 0.284. The van der Waals surface area contributed by atoms with Crippen LogP contribution < -0.4 is 10.6 Å². The van der Waals surface area contributed by atoms with Crippen LogP contribution in [0.25, 0.3) is 22.0 Å². The average molecular weight is 613 g/mol. The van der Waals surface area contributed by atoms with Crippen molar-refractivity contribution in [3.63, 3.8) is 0 Å². The van der Waals surface area contributed by atoms with Gasteiger partial charge in [0.1, 0.15) is 5.82 Å². The predicted molar refractivity (Wildman–Crippen MR) is 167 cm³/mol. The zero-order chi connectivity index (χ0) is 31.8. The van der Waals surface area contributed by atoms with E-state index in [1.54, 1.807) is 60.8 Å². The summed E-state index contributed by atoms with van der Waals surface area (Å²) in [5.41, 5.74) is 2.17. The summed E-state index contributed by atoms with van der Waals surface area (Å²) in [5, 5.41) is 6.49. The van der Waals surface area contributed by atoms with Crippen molar-refractivity contribution in [3.8, 4) is 11.1 Å². The van der Waals surface area contributed by atoms with E-state index in [0.29, 0.717) is 46.5 Å². The first-order chi connectivity index (χ1) is 21.7. The van der Waals surface area contributed by atoms with Crippen LogP contribution in [0, 0.1) is 0 Å². The number of hydrogen-bond donors (Lipinski definition) is 2. The van der Waals surface area contributed by atoms with Gasteiger partial charge in [0.25, 0.3) is 11.8 Å². The second-order valence-electron chi connectivity index (χ2n) is 10.4. The van der Waals surface area contributed by atoms with E-state index in [0.717, 1.165) is 25.0 Å².